The van der Waals surface area contributed by atoms with Gasteiger partial charge >= 0.3 is 12.1 Å². The van der Waals surface area contributed by atoms with Crippen LogP contribution in [0, 0.1) is 10.1 Å². The van der Waals surface area contributed by atoms with Crippen molar-refractivity contribution in [3.05, 3.63) is 39.4 Å². The lowest BCUT2D eigenvalue weighted by molar-refractivity contribution is -0.385. The maximum absolute atomic E-state index is 12.2. The van der Waals surface area contributed by atoms with E-state index in [1.54, 1.807) is 41.5 Å². The first-order chi connectivity index (χ1) is 11.7. The van der Waals surface area contributed by atoms with Gasteiger partial charge in [0.2, 0.25) is 0 Å². The van der Waals surface area contributed by atoms with Gasteiger partial charge in [-0.05, 0) is 53.7 Å². The van der Waals surface area contributed by atoms with Crippen molar-refractivity contribution in [3.63, 3.8) is 0 Å². The van der Waals surface area contributed by atoms with Gasteiger partial charge in [-0.2, -0.15) is 0 Å². The molecule has 1 aromatic carbocycles. The third-order valence-corrected chi connectivity index (χ3v) is 3.02. The first kappa shape index (κ1) is 21.4. The molecule has 0 fully saturated rings. The SMILES string of the molecule is CN(Cc1cc(C(=O)OC(C)(C)C)ccc1[N+](=O)[O-])C(=O)OC(C)(C)C. The Labute approximate surface area is 153 Å². The van der Waals surface area contributed by atoms with Crippen LogP contribution in [0.25, 0.3) is 0 Å². The number of nitro groups is 1. The number of carbonyl (C=O) groups is 2. The first-order valence-corrected chi connectivity index (χ1v) is 8.14. The van der Waals surface area contributed by atoms with E-state index >= 15 is 0 Å². The molecule has 0 aliphatic heterocycles. The Bertz CT molecular complexity index is 701. The highest BCUT2D eigenvalue weighted by Crippen LogP contribution is 2.23. The average molecular weight is 366 g/mol. The van der Waals surface area contributed by atoms with Crippen molar-refractivity contribution in [1.82, 2.24) is 4.90 Å². The summed E-state index contributed by atoms with van der Waals surface area (Å²) in [5, 5.41) is 11.3. The van der Waals surface area contributed by atoms with Crippen molar-refractivity contribution >= 4 is 17.7 Å². The van der Waals surface area contributed by atoms with Crippen LogP contribution >= 0.6 is 0 Å². The second-order valence-corrected chi connectivity index (χ2v) is 7.94. The molecule has 144 valence electrons. The number of nitrogens with zero attached hydrogens (tertiary/aromatic N) is 2. The molecule has 0 saturated heterocycles. The summed E-state index contributed by atoms with van der Waals surface area (Å²) in [7, 11) is 1.47. The molecule has 1 rings (SSSR count). The smallest absolute Gasteiger partial charge is 0.410 e. The highest BCUT2D eigenvalue weighted by atomic mass is 16.6. The molecule has 0 unspecified atom stereocenters. The lowest BCUT2D eigenvalue weighted by Crippen LogP contribution is -2.34. The predicted molar refractivity (Wildman–Crippen MR) is 96.0 cm³/mol. The lowest BCUT2D eigenvalue weighted by Gasteiger charge is -2.24. The van der Waals surface area contributed by atoms with Crippen molar-refractivity contribution in [2.24, 2.45) is 0 Å². The van der Waals surface area contributed by atoms with Crippen LogP contribution in [0.3, 0.4) is 0 Å². The molecule has 0 spiro atoms. The number of hydrogen-bond donors (Lipinski definition) is 0. The molecule has 0 N–H and O–H groups in total. The molecule has 0 aliphatic carbocycles. The maximum atomic E-state index is 12.2. The van der Waals surface area contributed by atoms with Gasteiger partial charge < -0.3 is 14.4 Å². The summed E-state index contributed by atoms with van der Waals surface area (Å²) in [6.45, 7) is 10.3. The van der Waals surface area contributed by atoms with Crippen LogP contribution in [0.2, 0.25) is 0 Å². The Morgan fingerprint density at radius 2 is 1.62 bits per heavy atom. The topological polar surface area (TPSA) is 99.0 Å². The molecule has 0 radical (unpaired) electrons. The van der Waals surface area contributed by atoms with Crippen LogP contribution in [0.15, 0.2) is 18.2 Å². The van der Waals surface area contributed by atoms with Gasteiger partial charge in [-0.3, -0.25) is 10.1 Å². The van der Waals surface area contributed by atoms with Crippen LogP contribution in [0.5, 0.6) is 0 Å². The standard InChI is InChI=1S/C18H26N2O6/c1-17(2,3)25-15(21)12-8-9-14(20(23)24)13(10-12)11-19(7)16(22)26-18(4,5)6/h8-10H,11H2,1-7H3. The fourth-order valence-electron chi connectivity index (χ4n) is 2.01. The van der Waals surface area contributed by atoms with Crippen LogP contribution in [0.1, 0.15) is 57.5 Å². The third-order valence-electron chi connectivity index (χ3n) is 3.02. The van der Waals surface area contributed by atoms with Crippen molar-refractivity contribution < 1.29 is 24.0 Å². The van der Waals surface area contributed by atoms with E-state index in [1.807, 2.05) is 0 Å². The molecule has 1 amide bonds. The Balaban J connectivity index is 3.11. The van der Waals surface area contributed by atoms with Crippen molar-refractivity contribution in [2.45, 2.75) is 59.3 Å². The minimum Gasteiger partial charge on any atom is -0.456 e. The second-order valence-electron chi connectivity index (χ2n) is 7.94. The summed E-state index contributed by atoms with van der Waals surface area (Å²) in [6, 6.07) is 3.94. The number of amides is 1. The van der Waals surface area contributed by atoms with E-state index in [1.165, 1.54) is 30.1 Å². The van der Waals surface area contributed by atoms with E-state index < -0.39 is 28.2 Å². The summed E-state index contributed by atoms with van der Waals surface area (Å²) in [4.78, 5) is 36.2. The van der Waals surface area contributed by atoms with Gasteiger partial charge in [0.05, 0.1) is 22.6 Å². The maximum Gasteiger partial charge on any atom is 0.410 e. The van der Waals surface area contributed by atoms with Gasteiger partial charge in [0, 0.05) is 13.1 Å². The number of hydrogen-bond acceptors (Lipinski definition) is 6. The molecule has 0 aliphatic rings. The zero-order valence-corrected chi connectivity index (χ0v) is 16.3. The predicted octanol–water partition coefficient (Wildman–Crippen LogP) is 3.92. The molecular weight excluding hydrogens is 340 g/mol. The second kappa shape index (κ2) is 7.72. The number of carbonyl (C=O) groups excluding carboxylic acids is 2. The molecule has 0 aromatic heterocycles. The first-order valence-electron chi connectivity index (χ1n) is 8.14. The summed E-state index contributed by atoms with van der Waals surface area (Å²) < 4.78 is 10.5. The highest BCUT2D eigenvalue weighted by Gasteiger charge is 2.25. The molecule has 0 saturated carbocycles. The summed E-state index contributed by atoms with van der Waals surface area (Å²) in [6.07, 6.45) is -0.616. The van der Waals surface area contributed by atoms with Gasteiger partial charge in [0.25, 0.3) is 5.69 Å². The lowest BCUT2D eigenvalue weighted by atomic mass is 10.1. The fourth-order valence-corrected chi connectivity index (χ4v) is 2.01. The molecule has 8 heteroatoms. The zero-order valence-electron chi connectivity index (χ0n) is 16.3. The van der Waals surface area contributed by atoms with E-state index in [4.69, 9.17) is 9.47 Å². The van der Waals surface area contributed by atoms with Gasteiger partial charge in [-0.15, -0.1) is 0 Å². The fraction of sp³-hybridized carbons (Fsp3) is 0.556. The van der Waals surface area contributed by atoms with E-state index in [2.05, 4.69) is 0 Å². The van der Waals surface area contributed by atoms with E-state index in [-0.39, 0.29) is 23.4 Å². The van der Waals surface area contributed by atoms with Gasteiger partial charge in [-0.25, -0.2) is 9.59 Å². The third kappa shape index (κ3) is 6.70. The van der Waals surface area contributed by atoms with Gasteiger partial charge in [0.15, 0.2) is 0 Å². The molecule has 8 nitrogen and oxygen atoms in total. The summed E-state index contributed by atoms with van der Waals surface area (Å²) in [5.74, 6) is -0.589. The van der Waals surface area contributed by atoms with Crippen LogP contribution in [-0.4, -0.2) is 40.1 Å². The number of nitro benzene ring substituents is 1. The zero-order chi connectivity index (χ0) is 20.3. The Hall–Kier alpha value is -2.64. The molecule has 1 aromatic rings. The number of rotatable bonds is 4. The normalized spacial score (nSPS) is 11.7. The molecule has 0 bridgehead atoms. The summed E-state index contributed by atoms with van der Waals surface area (Å²) in [5.41, 5.74) is -1.17. The average Bonchev–Trinajstić information content (AvgIpc) is 2.43. The number of benzene rings is 1. The molecule has 0 atom stereocenters. The van der Waals surface area contributed by atoms with E-state index in [0.717, 1.165) is 0 Å². The van der Waals surface area contributed by atoms with Crippen LogP contribution < -0.4 is 0 Å². The van der Waals surface area contributed by atoms with Crippen LogP contribution in [-0.2, 0) is 16.0 Å². The van der Waals surface area contributed by atoms with Gasteiger partial charge in [-0.1, -0.05) is 0 Å². The number of esters is 1. The van der Waals surface area contributed by atoms with E-state index in [0.29, 0.717) is 0 Å². The minimum absolute atomic E-state index is 0.0815. The molecule has 26 heavy (non-hydrogen) atoms. The summed E-state index contributed by atoms with van der Waals surface area (Å²) >= 11 is 0. The van der Waals surface area contributed by atoms with Crippen molar-refractivity contribution in [2.75, 3.05) is 7.05 Å². The van der Waals surface area contributed by atoms with Crippen molar-refractivity contribution in [1.29, 1.82) is 0 Å². The highest BCUT2D eigenvalue weighted by molar-refractivity contribution is 5.90. The Morgan fingerprint density at radius 1 is 1.08 bits per heavy atom. The van der Waals surface area contributed by atoms with E-state index in [9.17, 15) is 19.7 Å². The number of ether oxygens (including phenoxy) is 2. The quantitative estimate of drug-likeness (QED) is 0.455. The Morgan fingerprint density at radius 3 is 2.08 bits per heavy atom. The van der Waals surface area contributed by atoms with Crippen LogP contribution in [0.4, 0.5) is 10.5 Å². The van der Waals surface area contributed by atoms with Crippen molar-refractivity contribution in [3.8, 4) is 0 Å². The Kier molecular flexibility index (Phi) is 6.35. The van der Waals surface area contributed by atoms with Gasteiger partial charge in [0.1, 0.15) is 11.2 Å². The monoisotopic (exact) mass is 366 g/mol. The molecule has 0 heterocycles. The molecular formula is C18H26N2O6. The minimum atomic E-state index is -0.688. The largest absolute Gasteiger partial charge is 0.456 e.